The minimum absolute atomic E-state index is 0.0609. The Hall–Kier alpha value is -4.29. The van der Waals surface area contributed by atoms with Crippen LogP contribution in [-0.4, -0.2) is 53.0 Å². The third-order valence-corrected chi connectivity index (χ3v) is 9.29. The summed E-state index contributed by atoms with van der Waals surface area (Å²) in [5.41, 5.74) is 1.72. The first-order valence-electron chi connectivity index (χ1n) is 12.7. The Morgan fingerprint density at radius 3 is 2.59 bits per heavy atom. The summed E-state index contributed by atoms with van der Waals surface area (Å²) in [7, 11) is -4.19. The number of halogens is 3. The van der Waals surface area contributed by atoms with Gasteiger partial charge in [-0.05, 0) is 73.0 Å². The number of hydrogen-bond donors (Lipinski definition) is 0. The van der Waals surface area contributed by atoms with Crippen LogP contribution in [0.4, 0.5) is 13.2 Å². The Labute approximate surface area is 233 Å². The molecule has 0 spiro atoms. The Bertz CT molecular complexity index is 1760. The fraction of sp³-hybridized carbons (Fsp3) is 0.207. The van der Waals surface area contributed by atoms with Gasteiger partial charge in [0, 0.05) is 25.4 Å². The average Bonchev–Trinajstić information content (AvgIpc) is 3.38. The zero-order valence-electron chi connectivity index (χ0n) is 21.5. The number of rotatable bonds is 7. The van der Waals surface area contributed by atoms with Gasteiger partial charge < -0.3 is 4.74 Å². The molecular weight excluding hydrogens is 557 g/mol. The molecule has 1 aliphatic heterocycles. The number of aromatic nitrogens is 3. The fourth-order valence-corrected chi connectivity index (χ4v) is 7.05. The van der Waals surface area contributed by atoms with Gasteiger partial charge in [-0.1, -0.05) is 17.7 Å². The molecule has 0 saturated carbocycles. The Kier molecular flexibility index (Phi) is 6.74. The summed E-state index contributed by atoms with van der Waals surface area (Å²) in [6.07, 6.45) is 5.37. The van der Waals surface area contributed by atoms with Crippen LogP contribution in [0.1, 0.15) is 28.2 Å². The number of carbonyl (C=O) groups excluding carboxylic acids is 1. The molecule has 4 aromatic rings. The predicted octanol–water partition coefficient (Wildman–Crippen LogP) is 4.91. The Morgan fingerprint density at radius 1 is 1.05 bits per heavy atom. The lowest BCUT2D eigenvalue weighted by Gasteiger charge is -2.44. The minimum atomic E-state index is -4.19. The number of pyridine rings is 1. The molecule has 12 heteroatoms. The molecule has 1 saturated heterocycles. The van der Waals surface area contributed by atoms with Crippen LogP contribution in [-0.2, 0) is 16.4 Å². The van der Waals surface area contributed by atoms with Gasteiger partial charge in [-0.25, -0.2) is 17.5 Å². The SMILES string of the molecule is O=C(c1ccccn1)[C@]12Cc3cnn(-c4ccc(F)cc4)c3C=C1CCN(S(=O)(=O)c1cccc(OC(F)F)c1)C2. The molecule has 210 valence electrons. The van der Waals surface area contributed by atoms with E-state index in [1.807, 2.05) is 6.08 Å². The number of fused-ring (bicyclic) bond motifs is 2. The van der Waals surface area contributed by atoms with Gasteiger partial charge in [-0.15, -0.1) is 0 Å². The van der Waals surface area contributed by atoms with Crippen molar-refractivity contribution >= 4 is 21.9 Å². The second-order valence-electron chi connectivity index (χ2n) is 9.86. The van der Waals surface area contributed by atoms with E-state index < -0.39 is 22.0 Å². The van der Waals surface area contributed by atoms with Crippen LogP contribution in [0, 0.1) is 11.2 Å². The third-order valence-electron chi connectivity index (χ3n) is 7.45. The monoisotopic (exact) mass is 580 g/mol. The molecule has 0 unspecified atom stereocenters. The lowest BCUT2D eigenvalue weighted by atomic mass is 9.65. The van der Waals surface area contributed by atoms with Crippen LogP contribution in [0.25, 0.3) is 11.8 Å². The smallest absolute Gasteiger partial charge is 0.387 e. The molecule has 0 amide bonds. The molecule has 6 rings (SSSR count). The van der Waals surface area contributed by atoms with E-state index in [-0.39, 0.29) is 53.9 Å². The van der Waals surface area contributed by atoms with Gasteiger partial charge in [0.25, 0.3) is 0 Å². The van der Waals surface area contributed by atoms with Crippen LogP contribution < -0.4 is 4.74 Å². The van der Waals surface area contributed by atoms with Gasteiger partial charge in [-0.3, -0.25) is 9.78 Å². The van der Waals surface area contributed by atoms with Crippen molar-refractivity contribution in [3.05, 3.63) is 107 Å². The molecule has 1 aliphatic carbocycles. The molecule has 3 heterocycles. The van der Waals surface area contributed by atoms with Crippen molar-refractivity contribution in [2.45, 2.75) is 24.3 Å². The topological polar surface area (TPSA) is 94.4 Å². The van der Waals surface area contributed by atoms with Crippen LogP contribution in [0.3, 0.4) is 0 Å². The zero-order valence-corrected chi connectivity index (χ0v) is 22.3. The maximum atomic E-state index is 14.2. The van der Waals surface area contributed by atoms with Crippen LogP contribution in [0.5, 0.6) is 5.75 Å². The highest BCUT2D eigenvalue weighted by Crippen LogP contribution is 2.47. The van der Waals surface area contributed by atoms with Gasteiger partial charge in [0.2, 0.25) is 10.0 Å². The lowest BCUT2D eigenvalue weighted by molar-refractivity contribution is -0.0500. The molecule has 2 aromatic carbocycles. The van der Waals surface area contributed by atoms with Crippen molar-refractivity contribution in [2.75, 3.05) is 13.1 Å². The second kappa shape index (κ2) is 10.3. The molecule has 41 heavy (non-hydrogen) atoms. The van der Waals surface area contributed by atoms with E-state index >= 15 is 0 Å². The number of alkyl halides is 2. The highest BCUT2D eigenvalue weighted by Gasteiger charge is 2.51. The number of benzene rings is 2. The normalized spacial score (nSPS) is 18.9. The highest BCUT2D eigenvalue weighted by molar-refractivity contribution is 7.89. The van der Waals surface area contributed by atoms with E-state index in [4.69, 9.17) is 0 Å². The first kappa shape index (κ1) is 26.9. The number of ether oxygens (including phenoxy) is 1. The van der Waals surface area contributed by atoms with Gasteiger partial charge in [0.05, 0.1) is 27.9 Å². The van der Waals surface area contributed by atoms with Crippen molar-refractivity contribution in [2.24, 2.45) is 5.41 Å². The number of piperidine rings is 1. The lowest BCUT2D eigenvalue weighted by Crippen LogP contribution is -2.53. The summed E-state index contributed by atoms with van der Waals surface area (Å²) in [5.74, 6) is -0.999. The molecule has 8 nitrogen and oxygen atoms in total. The first-order valence-corrected chi connectivity index (χ1v) is 14.2. The number of nitrogens with zero attached hydrogens (tertiary/aromatic N) is 4. The van der Waals surface area contributed by atoms with E-state index in [1.165, 1.54) is 40.8 Å². The quantitative estimate of drug-likeness (QED) is 0.289. The van der Waals surface area contributed by atoms with Gasteiger partial charge in [0.15, 0.2) is 5.78 Å². The Balaban J connectivity index is 1.42. The first-order chi connectivity index (χ1) is 19.7. The number of carbonyl (C=O) groups is 1. The van der Waals surface area contributed by atoms with Crippen molar-refractivity contribution < 1.29 is 31.1 Å². The number of sulfonamides is 1. The number of Topliss-reactive ketones (excluding diaryl/α,β-unsaturated/α-hetero) is 1. The molecule has 2 aromatic heterocycles. The van der Waals surface area contributed by atoms with Gasteiger partial charge >= 0.3 is 6.61 Å². The number of hydrogen-bond acceptors (Lipinski definition) is 6. The van der Waals surface area contributed by atoms with E-state index in [1.54, 1.807) is 41.2 Å². The second-order valence-corrected chi connectivity index (χ2v) is 11.8. The van der Waals surface area contributed by atoms with Crippen molar-refractivity contribution in [1.82, 2.24) is 19.1 Å². The molecule has 2 aliphatic rings. The minimum Gasteiger partial charge on any atom is -0.435 e. The maximum Gasteiger partial charge on any atom is 0.387 e. The number of ketones is 1. The summed E-state index contributed by atoms with van der Waals surface area (Å²) in [6, 6.07) is 15.7. The summed E-state index contributed by atoms with van der Waals surface area (Å²) < 4.78 is 73.9. The Morgan fingerprint density at radius 2 is 1.85 bits per heavy atom. The molecule has 0 N–H and O–H groups in total. The molecule has 1 atom stereocenters. The van der Waals surface area contributed by atoms with Crippen LogP contribution in [0.2, 0.25) is 0 Å². The van der Waals surface area contributed by atoms with E-state index in [9.17, 15) is 26.4 Å². The van der Waals surface area contributed by atoms with Gasteiger partial charge in [-0.2, -0.15) is 18.2 Å². The van der Waals surface area contributed by atoms with E-state index in [0.29, 0.717) is 11.3 Å². The molecular formula is C29H23F3N4O4S. The standard InChI is InChI=1S/C29H23F3N4O4S/c30-21-7-9-22(10-8-21)36-26-14-20-11-13-35(41(38,39)24-5-3-4-23(15-24)40-28(31)32)18-29(20,16-19(26)17-34-36)27(37)25-6-1-2-12-33-25/h1-10,12,14-15,17,28H,11,13,16,18H2/t29-/m0/s1. The summed E-state index contributed by atoms with van der Waals surface area (Å²) in [5, 5.41) is 4.48. The summed E-state index contributed by atoms with van der Waals surface area (Å²) in [6.45, 7) is -3.23. The van der Waals surface area contributed by atoms with Crippen LogP contribution in [0.15, 0.2) is 89.6 Å². The molecule has 0 bridgehead atoms. The zero-order chi connectivity index (χ0) is 28.8. The molecule has 1 fully saturated rings. The maximum absolute atomic E-state index is 14.2. The van der Waals surface area contributed by atoms with Gasteiger partial charge in [0.1, 0.15) is 17.3 Å². The van der Waals surface area contributed by atoms with E-state index in [0.717, 1.165) is 17.3 Å². The van der Waals surface area contributed by atoms with Crippen LogP contribution >= 0.6 is 0 Å². The largest absolute Gasteiger partial charge is 0.435 e. The highest BCUT2D eigenvalue weighted by atomic mass is 32.2. The van der Waals surface area contributed by atoms with Crippen molar-refractivity contribution in [3.8, 4) is 11.4 Å². The van der Waals surface area contributed by atoms with Crippen molar-refractivity contribution in [1.29, 1.82) is 0 Å². The fourth-order valence-electron chi connectivity index (χ4n) is 5.51. The molecule has 0 radical (unpaired) electrons. The summed E-state index contributed by atoms with van der Waals surface area (Å²) in [4.78, 5) is 18.2. The van der Waals surface area contributed by atoms with Crippen molar-refractivity contribution in [3.63, 3.8) is 0 Å². The summed E-state index contributed by atoms with van der Waals surface area (Å²) >= 11 is 0. The average molecular weight is 581 g/mol. The van der Waals surface area contributed by atoms with E-state index in [2.05, 4.69) is 14.8 Å². The predicted molar refractivity (Wildman–Crippen MR) is 143 cm³/mol. The third kappa shape index (κ3) is 4.82.